The van der Waals surface area contributed by atoms with Gasteiger partial charge in [-0.2, -0.15) is 0 Å². The first kappa shape index (κ1) is 14.1. The topological polar surface area (TPSA) is 98.3 Å². The van der Waals surface area contributed by atoms with Crippen LogP contribution in [0.1, 0.15) is 31.0 Å². The van der Waals surface area contributed by atoms with Crippen LogP contribution < -0.4 is 11.1 Å². The smallest absolute Gasteiger partial charge is 0.272 e. The maximum Gasteiger partial charge on any atom is 0.272 e. The van der Waals surface area contributed by atoms with Crippen molar-refractivity contribution in [3.8, 4) is 0 Å². The van der Waals surface area contributed by atoms with Gasteiger partial charge in [0.25, 0.3) is 5.69 Å². The number of aryl methyl sites for hydroxylation is 1. The molecule has 3 N–H and O–H groups in total. The Morgan fingerprint density at radius 3 is 2.56 bits per heavy atom. The molecule has 0 spiro atoms. The molecule has 0 aliphatic carbocycles. The Hall–Kier alpha value is -1.95. The number of hydrogen-bond donors (Lipinski definition) is 2. The first-order valence-corrected chi connectivity index (χ1v) is 5.63. The molecule has 0 bridgehead atoms. The second kappa shape index (κ2) is 5.59. The van der Waals surface area contributed by atoms with Crippen LogP contribution in [0, 0.1) is 17.0 Å². The fraction of sp³-hybridized carbons (Fsp3) is 0.417. The average molecular weight is 251 g/mol. The van der Waals surface area contributed by atoms with E-state index in [4.69, 9.17) is 5.73 Å². The van der Waals surface area contributed by atoms with E-state index in [1.807, 2.05) is 0 Å². The predicted octanol–water partition coefficient (Wildman–Crippen LogP) is 1.43. The van der Waals surface area contributed by atoms with Crippen molar-refractivity contribution in [2.75, 3.05) is 0 Å². The Balaban J connectivity index is 2.93. The maximum atomic E-state index is 11.4. The highest BCUT2D eigenvalue weighted by Crippen LogP contribution is 2.23. The van der Waals surface area contributed by atoms with Gasteiger partial charge < -0.3 is 11.1 Å². The molecule has 0 radical (unpaired) electrons. The molecule has 0 aliphatic heterocycles. The summed E-state index contributed by atoms with van der Waals surface area (Å²) < 4.78 is 0. The minimum Gasteiger partial charge on any atom is -0.348 e. The van der Waals surface area contributed by atoms with Crippen molar-refractivity contribution in [3.05, 3.63) is 39.4 Å². The van der Waals surface area contributed by atoms with Gasteiger partial charge >= 0.3 is 0 Å². The number of carbonyl (C=O) groups excluding carboxylic acids is 1. The molecular formula is C12H17N3O3. The van der Waals surface area contributed by atoms with Gasteiger partial charge in [-0.15, -0.1) is 0 Å². The molecule has 1 amide bonds. The van der Waals surface area contributed by atoms with Gasteiger partial charge in [0.2, 0.25) is 5.91 Å². The minimum absolute atomic E-state index is 0.0504. The van der Waals surface area contributed by atoms with Crippen molar-refractivity contribution in [1.82, 2.24) is 5.32 Å². The molecule has 0 aromatic heterocycles. The lowest BCUT2D eigenvalue weighted by atomic mass is 10.0. The van der Waals surface area contributed by atoms with Crippen molar-refractivity contribution in [2.24, 2.45) is 5.73 Å². The Labute approximate surface area is 105 Å². The number of amides is 1. The zero-order valence-corrected chi connectivity index (χ0v) is 10.6. The van der Waals surface area contributed by atoms with Crippen LogP contribution in [-0.2, 0) is 4.79 Å². The van der Waals surface area contributed by atoms with E-state index in [0.29, 0.717) is 11.1 Å². The van der Waals surface area contributed by atoms with Gasteiger partial charge in [0.1, 0.15) is 0 Å². The van der Waals surface area contributed by atoms with Crippen LogP contribution in [0.4, 0.5) is 5.69 Å². The third kappa shape index (κ3) is 3.27. The summed E-state index contributed by atoms with van der Waals surface area (Å²) in [4.78, 5) is 21.8. The normalized spacial score (nSPS) is 13.8. The summed E-state index contributed by atoms with van der Waals surface area (Å²) in [5.74, 6) is -0.286. The molecule has 0 fully saturated rings. The molecule has 0 saturated carbocycles. The van der Waals surface area contributed by atoms with E-state index < -0.39 is 11.0 Å². The summed E-state index contributed by atoms with van der Waals surface area (Å²) in [5, 5.41) is 13.5. The van der Waals surface area contributed by atoms with Gasteiger partial charge in [0, 0.05) is 11.6 Å². The zero-order valence-electron chi connectivity index (χ0n) is 10.6. The fourth-order valence-corrected chi connectivity index (χ4v) is 1.52. The van der Waals surface area contributed by atoms with E-state index in [1.165, 1.54) is 6.07 Å². The molecule has 0 aliphatic rings. The molecule has 1 rings (SSSR count). The summed E-state index contributed by atoms with van der Waals surface area (Å²) in [6, 6.07) is 3.98. The van der Waals surface area contributed by atoms with Crippen molar-refractivity contribution in [1.29, 1.82) is 0 Å². The monoisotopic (exact) mass is 251 g/mol. The van der Waals surface area contributed by atoms with Crippen molar-refractivity contribution in [2.45, 2.75) is 32.9 Å². The summed E-state index contributed by atoms with van der Waals surface area (Å²) >= 11 is 0. The second-order valence-electron chi connectivity index (χ2n) is 4.32. The average Bonchev–Trinajstić information content (AvgIpc) is 2.28. The number of nitro benzene ring substituents is 1. The van der Waals surface area contributed by atoms with Gasteiger partial charge in [-0.1, -0.05) is 12.1 Å². The van der Waals surface area contributed by atoms with E-state index in [0.717, 1.165) is 0 Å². The minimum atomic E-state index is -0.604. The SMILES string of the molecule is Cc1ccc(C(C)NC(=O)[C@@H](C)N)cc1[N+](=O)[O-]. The quantitative estimate of drug-likeness (QED) is 0.624. The van der Waals surface area contributed by atoms with Crippen LogP contribution in [0.2, 0.25) is 0 Å². The van der Waals surface area contributed by atoms with Gasteiger partial charge in [-0.05, 0) is 26.3 Å². The number of rotatable bonds is 4. The number of benzene rings is 1. The Morgan fingerprint density at radius 1 is 1.44 bits per heavy atom. The standard InChI is InChI=1S/C12H17N3O3/c1-7-4-5-10(6-11(7)15(17)18)9(3)14-12(16)8(2)13/h4-6,8-9H,13H2,1-3H3,(H,14,16)/t8-,9?/m1/s1. The van der Waals surface area contributed by atoms with E-state index in [9.17, 15) is 14.9 Å². The summed E-state index contributed by atoms with van der Waals surface area (Å²) in [6.07, 6.45) is 0. The summed E-state index contributed by atoms with van der Waals surface area (Å²) in [7, 11) is 0. The van der Waals surface area contributed by atoms with E-state index in [1.54, 1.807) is 32.9 Å². The largest absolute Gasteiger partial charge is 0.348 e. The number of nitrogens with zero attached hydrogens (tertiary/aromatic N) is 1. The van der Waals surface area contributed by atoms with Crippen LogP contribution in [0.15, 0.2) is 18.2 Å². The summed E-state index contributed by atoms with van der Waals surface area (Å²) in [6.45, 7) is 5.02. The molecule has 18 heavy (non-hydrogen) atoms. The molecular weight excluding hydrogens is 234 g/mol. The van der Waals surface area contributed by atoms with E-state index in [2.05, 4.69) is 5.32 Å². The number of nitrogens with two attached hydrogens (primary N) is 1. The first-order valence-electron chi connectivity index (χ1n) is 5.63. The van der Waals surface area contributed by atoms with Crippen LogP contribution in [-0.4, -0.2) is 16.9 Å². The predicted molar refractivity (Wildman–Crippen MR) is 68.0 cm³/mol. The van der Waals surface area contributed by atoms with Gasteiger partial charge in [-0.3, -0.25) is 14.9 Å². The lowest BCUT2D eigenvalue weighted by molar-refractivity contribution is -0.385. The molecule has 2 atom stereocenters. The Morgan fingerprint density at radius 2 is 2.06 bits per heavy atom. The molecule has 1 unspecified atom stereocenters. The van der Waals surface area contributed by atoms with Gasteiger partial charge in [0.15, 0.2) is 0 Å². The third-order valence-electron chi connectivity index (χ3n) is 2.70. The lowest BCUT2D eigenvalue weighted by Gasteiger charge is -2.16. The molecule has 0 saturated heterocycles. The Kier molecular flexibility index (Phi) is 4.38. The highest BCUT2D eigenvalue weighted by atomic mass is 16.6. The van der Waals surface area contributed by atoms with Crippen LogP contribution in [0.5, 0.6) is 0 Å². The zero-order chi connectivity index (χ0) is 13.9. The van der Waals surface area contributed by atoms with Gasteiger partial charge in [0.05, 0.1) is 17.0 Å². The molecule has 1 aromatic rings. The first-order chi connectivity index (χ1) is 8.32. The summed E-state index contributed by atoms with van der Waals surface area (Å²) in [5.41, 5.74) is 6.77. The maximum absolute atomic E-state index is 11.4. The molecule has 6 nitrogen and oxygen atoms in total. The van der Waals surface area contributed by atoms with Gasteiger partial charge in [-0.25, -0.2) is 0 Å². The highest BCUT2D eigenvalue weighted by Gasteiger charge is 2.16. The van der Waals surface area contributed by atoms with Crippen molar-refractivity contribution in [3.63, 3.8) is 0 Å². The molecule has 6 heteroatoms. The molecule has 1 aromatic carbocycles. The van der Waals surface area contributed by atoms with E-state index >= 15 is 0 Å². The molecule has 0 heterocycles. The highest BCUT2D eigenvalue weighted by molar-refractivity contribution is 5.81. The number of nitro groups is 1. The third-order valence-corrected chi connectivity index (χ3v) is 2.70. The van der Waals surface area contributed by atoms with Crippen LogP contribution in [0.3, 0.4) is 0 Å². The molecule has 98 valence electrons. The van der Waals surface area contributed by atoms with Crippen molar-refractivity contribution >= 4 is 11.6 Å². The lowest BCUT2D eigenvalue weighted by Crippen LogP contribution is -2.39. The van der Waals surface area contributed by atoms with Crippen LogP contribution in [0.25, 0.3) is 0 Å². The van der Waals surface area contributed by atoms with Crippen molar-refractivity contribution < 1.29 is 9.72 Å². The fourth-order valence-electron chi connectivity index (χ4n) is 1.52. The number of carbonyl (C=O) groups is 1. The Bertz CT molecular complexity index is 472. The van der Waals surface area contributed by atoms with Crippen LogP contribution >= 0.6 is 0 Å². The number of hydrogen-bond acceptors (Lipinski definition) is 4. The second-order valence-corrected chi connectivity index (χ2v) is 4.32. The number of nitrogens with one attached hydrogen (secondary N) is 1. The van der Waals surface area contributed by atoms with E-state index in [-0.39, 0.29) is 17.6 Å².